The van der Waals surface area contributed by atoms with E-state index < -0.39 is 5.97 Å². The number of aromatic carboxylic acids is 1. The smallest absolute Gasteiger partial charge is 0.335 e. The Bertz CT molecular complexity index is 457. The van der Waals surface area contributed by atoms with Crippen LogP contribution >= 0.6 is 0 Å². The summed E-state index contributed by atoms with van der Waals surface area (Å²) in [7, 11) is 0. The third kappa shape index (κ3) is 6.79. The average Bonchev–Trinajstić information content (AvgIpc) is 2.45. The molecule has 0 aromatic heterocycles. The summed E-state index contributed by atoms with van der Waals surface area (Å²) in [5.74, 6) is -0.930. The van der Waals surface area contributed by atoms with Gasteiger partial charge in [-0.05, 0) is 37.5 Å². The lowest BCUT2D eigenvalue weighted by molar-refractivity contribution is 0.0697. The van der Waals surface area contributed by atoms with E-state index in [2.05, 4.69) is 17.6 Å². The molecule has 0 aliphatic rings. The lowest BCUT2D eigenvalue weighted by Crippen LogP contribution is -2.41. The summed E-state index contributed by atoms with van der Waals surface area (Å²) < 4.78 is 0. The zero-order valence-electron chi connectivity index (χ0n) is 12.7. The molecule has 0 aliphatic heterocycles. The number of hydrogen-bond acceptors (Lipinski definition) is 2. The predicted octanol–water partition coefficient (Wildman–Crippen LogP) is 2.81. The van der Waals surface area contributed by atoms with E-state index >= 15 is 0 Å². The van der Waals surface area contributed by atoms with E-state index in [9.17, 15) is 9.59 Å². The molecule has 0 saturated heterocycles. The van der Waals surface area contributed by atoms with Crippen LogP contribution < -0.4 is 10.6 Å². The SMILES string of the molecule is CCCCC(C)NC(=O)NCCc1ccc(C(=O)O)cc1. The molecule has 0 fully saturated rings. The third-order valence-corrected chi connectivity index (χ3v) is 3.27. The van der Waals surface area contributed by atoms with Crippen LogP contribution in [-0.2, 0) is 6.42 Å². The summed E-state index contributed by atoms with van der Waals surface area (Å²) in [5.41, 5.74) is 1.27. The summed E-state index contributed by atoms with van der Waals surface area (Å²) in [6.07, 6.45) is 3.90. The zero-order chi connectivity index (χ0) is 15.7. The van der Waals surface area contributed by atoms with Gasteiger partial charge in [0, 0.05) is 12.6 Å². The molecule has 1 atom stereocenters. The van der Waals surface area contributed by atoms with Crippen molar-refractivity contribution in [3.8, 4) is 0 Å². The molecule has 0 saturated carbocycles. The first-order chi connectivity index (χ1) is 10.0. The van der Waals surface area contributed by atoms with E-state index in [-0.39, 0.29) is 17.6 Å². The maximum absolute atomic E-state index is 11.7. The van der Waals surface area contributed by atoms with Gasteiger partial charge in [0.15, 0.2) is 0 Å². The van der Waals surface area contributed by atoms with E-state index in [0.717, 1.165) is 24.8 Å². The van der Waals surface area contributed by atoms with E-state index in [1.54, 1.807) is 24.3 Å². The minimum absolute atomic E-state index is 0.152. The van der Waals surface area contributed by atoms with Crippen molar-refractivity contribution >= 4 is 12.0 Å². The molecule has 0 bridgehead atoms. The van der Waals surface area contributed by atoms with Gasteiger partial charge in [0.1, 0.15) is 0 Å². The molecule has 0 radical (unpaired) electrons. The van der Waals surface area contributed by atoms with Crippen LogP contribution in [0.5, 0.6) is 0 Å². The quantitative estimate of drug-likeness (QED) is 0.689. The van der Waals surface area contributed by atoms with E-state index in [4.69, 9.17) is 5.11 Å². The monoisotopic (exact) mass is 292 g/mol. The minimum Gasteiger partial charge on any atom is -0.478 e. The summed E-state index contributed by atoms with van der Waals surface area (Å²) >= 11 is 0. The molecule has 5 nitrogen and oxygen atoms in total. The van der Waals surface area contributed by atoms with Gasteiger partial charge in [-0.2, -0.15) is 0 Å². The lowest BCUT2D eigenvalue weighted by atomic mass is 10.1. The number of carboxylic acid groups (broad SMARTS) is 1. The lowest BCUT2D eigenvalue weighted by Gasteiger charge is -2.14. The van der Waals surface area contributed by atoms with Crippen molar-refractivity contribution in [2.24, 2.45) is 0 Å². The highest BCUT2D eigenvalue weighted by Gasteiger charge is 2.06. The largest absolute Gasteiger partial charge is 0.478 e. The van der Waals surface area contributed by atoms with Crippen molar-refractivity contribution < 1.29 is 14.7 Å². The van der Waals surface area contributed by atoms with Gasteiger partial charge >= 0.3 is 12.0 Å². The first-order valence-electron chi connectivity index (χ1n) is 7.39. The van der Waals surface area contributed by atoms with Gasteiger partial charge in [-0.15, -0.1) is 0 Å². The molecule has 1 aromatic rings. The maximum atomic E-state index is 11.7. The van der Waals surface area contributed by atoms with Gasteiger partial charge in [0.25, 0.3) is 0 Å². The van der Waals surface area contributed by atoms with Crippen molar-refractivity contribution in [3.63, 3.8) is 0 Å². The number of amides is 2. The Labute approximate surface area is 125 Å². The number of carboxylic acids is 1. The Hall–Kier alpha value is -2.04. The van der Waals surface area contributed by atoms with Crippen LogP contribution in [0.2, 0.25) is 0 Å². The van der Waals surface area contributed by atoms with Crippen LogP contribution in [0.15, 0.2) is 24.3 Å². The second-order valence-corrected chi connectivity index (χ2v) is 5.20. The number of rotatable bonds is 8. The number of benzene rings is 1. The molecular formula is C16H24N2O3. The second kappa shape index (κ2) is 9.00. The summed E-state index contributed by atoms with van der Waals surface area (Å²) in [5, 5.41) is 14.5. The molecule has 1 unspecified atom stereocenters. The predicted molar refractivity (Wildman–Crippen MR) is 82.6 cm³/mol. The maximum Gasteiger partial charge on any atom is 0.335 e. The highest BCUT2D eigenvalue weighted by atomic mass is 16.4. The van der Waals surface area contributed by atoms with Crippen LogP contribution in [0.1, 0.15) is 49.0 Å². The average molecular weight is 292 g/mol. The highest BCUT2D eigenvalue weighted by Crippen LogP contribution is 2.05. The topological polar surface area (TPSA) is 78.4 Å². The molecule has 1 aromatic carbocycles. The number of carbonyl (C=O) groups is 2. The molecule has 5 heteroatoms. The molecule has 3 N–H and O–H groups in total. The van der Waals surface area contributed by atoms with Gasteiger partial charge < -0.3 is 15.7 Å². The van der Waals surface area contributed by atoms with E-state index in [1.165, 1.54) is 0 Å². The van der Waals surface area contributed by atoms with Crippen LogP contribution in [0.4, 0.5) is 4.79 Å². The molecule has 0 spiro atoms. The highest BCUT2D eigenvalue weighted by molar-refractivity contribution is 5.87. The first-order valence-corrected chi connectivity index (χ1v) is 7.39. The molecule has 1 rings (SSSR count). The Balaban J connectivity index is 2.26. The normalized spacial score (nSPS) is 11.7. The molecule has 0 heterocycles. The molecule has 21 heavy (non-hydrogen) atoms. The Kier molecular flexibility index (Phi) is 7.29. The van der Waals surface area contributed by atoms with Crippen molar-refractivity contribution in [2.45, 2.75) is 45.6 Å². The van der Waals surface area contributed by atoms with Crippen molar-refractivity contribution in [2.75, 3.05) is 6.54 Å². The molecule has 2 amide bonds. The number of unbranched alkanes of at least 4 members (excludes halogenated alkanes) is 1. The Morgan fingerprint density at radius 1 is 1.24 bits per heavy atom. The van der Waals surface area contributed by atoms with Crippen molar-refractivity contribution in [3.05, 3.63) is 35.4 Å². The first kappa shape index (κ1) is 17.0. The number of nitrogens with one attached hydrogen (secondary N) is 2. The van der Waals surface area contributed by atoms with Crippen LogP contribution in [-0.4, -0.2) is 29.7 Å². The zero-order valence-corrected chi connectivity index (χ0v) is 12.7. The fourth-order valence-corrected chi connectivity index (χ4v) is 1.99. The Morgan fingerprint density at radius 3 is 2.48 bits per heavy atom. The molecular weight excluding hydrogens is 268 g/mol. The summed E-state index contributed by atoms with van der Waals surface area (Å²) in [4.78, 5) is 22.4. The van der Waals surface area contributed by atoms with Gasteiger partial charge in [0.05, 0.1) is 5.56 Å². The minimum atomic E-state index is -0.930. The molecule has 0 aliphatic carbocycles. The van der Waals surface area contributed by atoms with Crippen LogP contribution in [0.25, 0.3) is 0 Å². The number of carbonyl (C=O) groups excluding carboxylic acids is 1. The fourth-order valence-electron chi connectivity index (χ4n) is 1.99. The Morgan fingerprint density at radius 2 is 1.90 bits per heavy atom. The van der Waals surface area contributed by atoms with Crippen molar-refractivity contribution in [1.82, 2.24) is 10.6 Å². The third-order valence-electron chi connectivity index (χ3n) is 3.27. The van der Waals surface area contributed by atoms with Crippen LogP contribution in [0, 0.1) is 0 Å². The number of urea groups is 1. The van der Waals surface area contributed by atoms with Gasteiger partial charge in [-0.1, -0.05) is 31.9 Å². The van der Waals surface area contributed by atoms with Crippen LogP contribution in [0.3, 0.4) is 0 Å². The fraction of sp³-hybridized carbons (Fsp3) is 0.500. The van der Waals surface area contributed by atoms with Gasteiger partial charge in [0.2, 0.25) is 0 Å². The van der Waals surface area contributed by atoms with Gasteiger partial charge in [-0.25, -0.2) is 9.59 Å². The number of hydrogen-bond donors (Lipinski definition) is 3. The van der Waals surface area contributed by atoms with Crippen molar-refractivity contribution in [1.29, 1.82) is 0 Å². The standard InChI is InChI=1S/C16H24N2O3/c1-3-4-5-12(2)18-16(21)17-11-10-13-6-8-14(9-7-13)15(19)20/h6-9,12H,3-5,10-11H2,1-2H3,(H,19,20)(H2,17,18,21). The summed E-state index contributed by atoms with van der Waals surface area (Å²) in [6, 6.07) is 6.72. The van der Waals surface area contributed by atoms with E-state index in [0.29, 0.717) is 13.0 Å². The molecule has 116 valence electrons. The summed E-state index contributed by atoms with van der Waals surface area (Å²) in [6.45, 7) is 4.65. The van der Waals surface area contributed by atoms with E-state index in [1.807, 2.05) is 6.92 Å². The second-order valence-electron chi connectivity index (χ2n) is 5.20. The van der Waals surface area contributed by atoms with Gasteiger partial charge in [-0.3, -0.25) is 0 Å².